The molecule has 0 radical (unpaired) electrons. The van der Waals surface area contributed by atoms with Crippen LogP contribution < -0.4 is 5.32 Å². The van der Waals surface area contributed by atoms with Crippen molar-refractivity contribution < 1.29 is 14.3 Å². The highest BCUT2D eigenvalue weighted by atomic mass is 16.7. The Labute approximate surface area is 119 Å². The molecule has 1 aromatic carbocycles. The van der Waals surface area contributed by atoms with E-state index in [2.05, 4.69) is 5.32 Å². The third-order valence-corrected chi connectivity index (χ3v) is 4.26. The van der Waals surface area contributed by atoms with Gasteiger partial charge in [0.15, 0.2) is 6.23 Å². The highest BCUT2D eigenvalue weighted by Gasteiger charge is 2.37. The summed E-state index contributed by atoms with van der Waals surface area (Å²) in [7, 11) is 0. The lowest BCUT2D eigenvalue weighted by Crippen LogP contribution is -2.35. The van der Waals surface area contributed by atoms with Gasteiger partial charge < -0.3 is 9.47 Å². The number of fused-ring (bicyclic) bond motifs is 1. The van der Waals surface area contributed by atoms with Crippen LogP contribution in [0.3, 0.4) is 0 Å². The molecule has 3 atom stereocenters. The first-order valence-corrected chi connectivity index (χ1v) is 7.44. The van der Waals surface area contributed by atoms with Crippen molar-refractivity contribution in [1.82, 2.24) is 5.32 Å². The van der Waals surface area contributed by atoms with Crippen LogP contribution in [0.4, 0.5) is 4.79 Å². The summed E-state index contributed by atoms with van der Waals surface area (Å²) in [6.07, 6.45) is 5.19. The van der Waals surface area contributed by atoms with Crippen LogP contribution in [0, 0.1) is 5.92 Å². The number of ether oxygens (including phenoxy) is 2. The van der Waals surface area contributed by atoms with Gasteiger partial charge in [-0.2, -0.15) is 0 Å². The van der Waals surface area contributed by atoms with Gasteiger partial charge >= 0.3 is 6.16 Å². The molecule has 2 unspecified atom stereocenters. The first kappa shape index (κ1) is 13.4. The molecule has 0 bridgehead atoms. The van der Waals surface area contributed by atoms with Crippen LogP contribution in [0.15, 0.2) is 30.3 Å². The Balaban J connectivity index is 1.43. The van der Waals surface area contributed by atoms with Crippen LogP contribution in [0.1, 0.15) is 37.7 Å². The quantitative estimate of drug-likeness (QED) is 0.860. The molecule has 2 aliphatic rings. The zero-order valence-electron chi connectivity index (χ0n) is 11.6. The predicted molar refractivity (Wildman–Crippen MR) is 75.0 cm³/mol. The van der Waals surface area contributed by atoms with Crippen molar-refractivity contribution in [3.8, 4) is 0 Å². The number of carbonyl (C=O) groups excluding carboxylic acids is 1. The second-order valence-electron chi connectivity index (χ2n) is 5.68. The molecule has 1 aliphatic heterocycles. The maximum absolute atomic E-state index is 11.7. The molecule has 4 heteroatoms. The van der Waals surface area contributed by atoms with Gasteiger partial charge in [-0.25, -0.2) is 4.79 Å². The van der Waals surface area contributed by atoms with Gasteiger partial charge in [-0.15, -0.1) is 0 Å². The molecule has 0 spiro atoms. The molecule has 1 aromatic rings. The van der Waals surface area contributed by atoms with Crippen molar-refractivity contribution in [2.24, 2.45) is 5.92 Å². The summed E-state index contributed by atoms with van der Waals surface area (Å²) < 4.78 is 10.5. The highest BCUT2D eigenvalue weighted by Crippen LogP contribution is 2.33. The van der Waals surface area contributed by atoms with Gasteiger partial charge in [-0.3, -0.25) is 5.32 Å². The topological polar surface area (TPSA) is 47.6 Å². The number of nitrogens with one attached hydrogen (secondary N) is 1. The van der Waals surface area contributed by atoms with Gasteiger partial charge in [0.25, 0.3) is 0 Å². The van der Waals surface area contributed by atoms with E-state index in [4.69, 9.17) is 9.47 Å². The largest absolute Gasteiger partial charge is 0.510 e. The third-order valence-electron chi connectivity index (χ3n) is 4.26. The van der Waals surface area contributed by atoms with Gasteiger partial charge in [0.2, 0.25) is 0 Å². The fraction of sp³-hybridized carbons (Fsp3) is 0.562. The van der Waals surface area contributed by atoms with Gasteiger partial charge in [0, 0.05) is 12.5 Å². The lowest BCUT2D eigenvalue weighted by atomic mass is 9.85. The van der Waals surface area contributed by atoms with E-state index >= 15 is 0 Å². The highest BCUT2D eigenvalue weighted by molar-refractivity contribution is 5.60. The Morgan fingerprint density at radius 2 is 2.00 bits per heavy atom. The monoisotopic (exact) mass is 275 g/mol. The molecule has 0 aromatic heterocycles. The summed E-state index contributed by atoms with van der Waals surface area (Å²) in [6.45, 7) is 0.263. The summed E-state index contributed by atoms with van der Waals surface area (Å²) >= 11 is 0. The van der Waals surface area contributed by atoms with E-state index in [1.165, 1.54) is 25.7 Å². The lowest BCUT2D eigenvalue weighted by molar-refractivity contribution is 0.0123. The Morgan fingerprint density at radius 1 is 1.20 bits per heavy atom. The van der Waals surface area contributed by atoms with Crippen LogP contribution in [0.2, 0.25) is 0 Å². The van der Waals surface area contributed by atoms with E-state index in [0.29, 0.717) is 12.0 Å². The second kappa shape index (κ2) is 6.27. The second-order valence-corrected chi connectivity index (χ2v) is 5.68. The van der Waals surface area contributed by atoms with Gasteiger partial charge in [0.05, 0.1) is 0 Å². The van der Waals surface area contributed by atoms with Crippen molar-refractivity contribution in [2.75, 3.05) is 0 Å². The fourth-order valence-electron chi connectivity index (χ4n) is 3.24. The van der Waals surface area contributed by atoms with Crippen LogP contribution >= 0.6 is 0 Å². The van der Waals surface area contributed by atoms with Crippen molar-refractivity contribution in [2.45, 2.75) is 51.0 Å². The zero-order valence-corrected chi connectivity index (χ0v) is 11.6. The third kappa shape index (κ3) is 3.31. The van der Waals surface area contributed by atoms with Crippen LogP contribution in [-0.4, -0.2) is 18.4 Å². The van der Waals surface area contributed by atoms with Crippen molar-refractivity contribution >= 4 is 6.16 Å². The average Bonchev–Trinajstić information content (AvgIpc) is 2.88. The molecule has 2 fully saturated rings. The maximum atomic E-state index is 11.7. The van der Waals surface area contributed by atoms with Gasteiger partial charge in [-0.1, -0.05) is 43.2 Å². The Kier molecular flexibility index (Phi) is 4.21. The molecule has 1 saturated heterocycles. The molecule has 1 heterocycles. The number of rotatable bonds is 3. The standard InChI is InChI=1S/C16H21NO3/c18-16(19-11-12-6-2-1-3-7-12)20-15-10-13-8-4-5-9-14(13)17-15/h1-3,6-7,13-15,17H,4-5,8-11H2/t13?,14?,15-/m0/s1. The number of hydrogen-bond acceptors (Lipinski definition) is 4. The van der Waals surface area contributed by atoms with E-state index in [1.807, 2.05) is 30.3 Å². The zero-order chi connectivity index (χ0) is 13.8. The van der Waals surface area contributed by atoms with Crippen molar-refractivity contribution in [1.29, 1.82) is 0 Å². The molecule has 1 N–H and O–H groups in total. The minimum Gasteiger partial charge on any atom is -0.429 e. The SMILES string of the molecule is O=C(OCc1ccccc1)O[C@H]1CC2CCCCC2N1. The summed E-state index contributed by atoms with van der Waals surface area (Å²) in [5.41, 5.74) is 0.970. The number of hydrogen-bond donors (Lipinski definition) is 1. The van der Waals surface area contributed by atoms with Crippen molar-refractivity contribution in [3.63, 3.8) is 0 Å². The normalized spacial score (nSPS) is 28.7. The molecule has 1 aliphatic carbocycles. The van der Waals surface area contributed by atoms with Gasteiger partial charge in [-0.05, 0) is 24.3 Å². The van der Waals surface area contributed by atoms with E-state index in [1.54, 1.807) is 0 Å². The Bertz CT molecular complexity index is 434. The summed E-state index contributed by atoms with van der Waals surface area (Å²) in [5, 5.41) is 3.40. The predicted octanol–water partition coefficient (Wildman–Crippen LogP) is 3.22. The van der Waals surface area contributed by atoms with E-state index < -0.39 is 6.16 Å². The summed E-state index contributed by atoms with van der Waals surface area (Å²) in [4.78, 5) is 11.7. The summed E-state index contributed by atoms with van der Waals surface area (Å²) in [5.74, 6) is 0.663. The van der Waals surface area contributed by atoms with E-state index in [0.717, 1.165) is 12.0 Å². The smallest absolute Gasteiger partial charge is 0.429 e. The molecule has 20 heavy (non-hydrogen) atoms. The van der Waals surface area contributed by atoms with Gasteiger partial charge in [0.1, 0.15) is 6.61 Å². The van der Waals surface area contributed by atoms with E-state index in [9.17, 15) is 4.79 Å². The molecule has 4 nitrogen and oxygen atoms in total. The first-order chi connectivity index (χ1) is 9.81. The average molecular weight is 275 g/mol. The summed E-state index contributed by atoms with van der Waals surface area (Å²) in [6, 6.07) is 10.2. The molecular weight excluding hydrogens is 254 g/mol. The number of carbonyl (C=O) groups is 1. The molecule has 0 amide bonds. The number of benzene rings is 1. The molecule has 108 valence electrons. The molecule has 3 rings (SSSR count). The first-order valence-electron chi connectivity index (χ1n) is 7.44. The molecule has 1 saturated carbocycles. The molecular formula is C16H21NO3. The minimum absolute atomic E-state index is 0.175. The van der Waals surface area contributed by atoms with E-state index in [-0.39, 0.29) is 12.8 Å². The van der Waals surface area contributed by atoms with Crippen LogP contribution in [-0.2, 0) is 16.1 Å². The fourth-order valence-corrected chi connectivity index (χ4v) is 3.24. The van der Waals surface area contributed by atoms with Crippen LogP contribution in [0.5, 0.6) is 0 Å². The maximum Gasteiger partial charge on any atom is 0.510 e. The Hall–Kier alpha value is -1.55. The van der Waals surface area contributed by atoms with Crippen LogP contribution in [0.25, 0.3) is 0 Å². The lowest BCUT2D eigenvalue weighted by Gasteiger charge is -2.23. The Morgan fingerprint density at radius 3 is 2.80 bits per heavy atom. The van der Waals surface area contributed by atoms with Crippen molar-refractivity contribution in [3.05, 3.63) is 35.9 Å². The minimum atomic E-state index is -0.579.